The molecule has 1 atom stereocenters. The van der Waals surface area contributed by atoms with E-state index in [4.69, 9.17) is 0 Å². The van der Waals surface area contributed by atoms with Gasteiger partial charge in [0.15, 0.2) is 0 Å². The molecule has 1 N–H and O–H groups in total. The van der Waals surface area contributed by atoms with Crippen LogP contribution in [-0.4, -0.2) is 35.5 Å². The van der Waals surface area contributed by atoms with E-state index in [1.807, 2.05) is 0 Å². The maximum absolute atomic E-state index is 13.3. The van der Waals surface area contributed by atoms with Crippen molar-refractivity contribution in [2.45, 2.75) is 25.3 Å². The van der Waals surface area contributed by atoms with Gasteiger partial charge in [0.05, 0.1) is 11.0 Å². The van der Waals surface area contributed by atoms with E-state index in [1.54, 1.807) is 0 Å². The fraction of sp³-hybridized carbons (Fsp3) is 0.571. The van der Waals surface area contributed by atoms with Crippen molar-refractivity contribution in [3.63, 3.8) is 0 Å². The van der Waals surface area contributed by atoms with E-state index in [0.29, 0.717) is 11.6 Å². The summed E-state index contributed by atoms with van der Waals surface area (Å²) in [5, 5.41) is 13.8. The lowest BCUT2D eigenvalue weighted by atomic mass is 10.1. The van der Waals surface area contributed by atoms with Crippen LogP contribution in [0.25, 0.3) is 0 Å². The van der Waals surface area contributed by atoms with Crippen LogP contribution in [0.15, 0.2) is 18.2 Å². The Balaban J connectivity index is 1.56. The SMILES string of the molecule is O=[N+]([O-])c1cc(F)cc(NCC2CCN(C3CC3)C2)c1. The van der Waals surface area contributed by atoms with Gasteiger partial charge < -0.3 is 10.2 Å². The Morgan fingerprint density at radius 3 is 2.85 bits per heavy atom. The highest BCUT2D eigenvalue weighted by Crippen LogP contribution is 2.31. The lowest BCUT2D eigenvalue weighted by molar-refractivity contribution is -0.385. The molecule has 108 valence electrons. The molecule has 1 heterocycles. The average Bonchev–Trinajstić information content (AvgIpc) is 3.15. The van der Waals surface area contributed by atoms with Crippen molar-refractivity contribution in [3.8, 4) is 0 Å². The first-order valence-electron chi connectivity index (χ1n) is 7.05. The highest BCUT2D eigenvalue weighted by molar-refractivity contribution is 5.51. The Labute approximate surface area is 116 Å². The molecule has 0 amide bonds. The zero-order valence-electron chi connectivity index (χ0n) is 11.2. The Bertz CT molecular complexity index is 519. The summed E-state index contributed by atoms with van der Waals surface area (Å²) in [6.45, 7) is 2.96. The number of likely N-dealkylation sites (tertiary alicyclic amines) is 1. The number of non-ortho nitro benzene ring substituents is 1. The standard InChI is InChI=1S/C14H18FN3O2/c15-11-5-12(7-14(6-11)18(19)20)16-8-10-3-4-17(9-10)13-1-2-13/h5-7,10,13,16H,1-4,8-9H2. The summed E-state index contributed by atoms with van der Waals surface area (Å²) in [4.78, 5) is 12.6. The number of halogens is 1. The van der Waals surface area contributed by atoms with Gasteiger partial charge in [0.25, 0.3) is 5.69 Å². The number of hydrogen-bond donors (Lipinski definition) is 1. The summed E-state index contributed by atoms with van der Waals surface area (Å²) in [6.07, 6.45) is 3.77. The van der Waals surface area contributed by atoms with Crippen LogP contribution in [0, 0.1) is 21.8 Å². The molecule has 0 aromatic heterocycles. The van der Waals surface area contributed by atoms with E-state index in [0.717, 1.165) is 38.2 Å². The zero-order chi connectivity index (χ0) is 14.1. The third-order valence-electron chi connectivity index (χ3n) is 4.07. The molecule has 1 saturated heterocycles. The fourth-order valence-corrected chi connectivity index (χ4v) is 2.84. The normalized spacial score (nSPS) is 22.9. The fourth-order valence-electron chi connectivity index (χ4n) is 2.84. The third kappa shape index (κ3) is 3.07. The smallest absolute Gasteiger partial charge is 0.274 e. The lowest BCUT2D eigenvalue weighted by Crippen LogP contribution is -2.24. The molecule has 1 aliphatic heterocycles. The summed E-state index contributed by atoms with van der Waals surface area (Å²) in [5.74, 6) is -0.0364. The van der Waals surface area contributed by atoms with Crippen molar-refractivity contribution in [1.29, 1.82) is 0 Å². The molecule has 1 aromatic carbocycles. The molecule has 0 bridgehead atoms. The van der Waals surface area contributed by atoms with Gasteiger partial charge in [0.1, 0.15) is 5.82 Å². The van der Waals surface area contributed by atoms with Crippen LogP contribution in [-0.2, 0) is 0 Å². The Morgan fingerprint density at radius 1 is 1.35 bits per heavy atom. The van der Waals surface area contributed by atoms with Crippen molar-refractivity contribution in [2.24, 2.45) is 5.92 Å². The first-order valence-corrected chi connectivity index (χ1v) is 7.05. The molecule has 0 spiro atoms. The van der Waals surface area contributed by atoms with Crippen LogP contribution in [0.4, 0.5) is 15.8 Å². The van der Waals surface area contributed by atoms with E-state index in [1.165, 1.54) is 25.0 Å². The molecule has 1 aliphatic carbocycles. The van der Waals surface area contributed by atoms with Crippen LogP contribution in [0.5, 0.6) is 0 Å². The Hall–Kier alpha value is -1.69. The summed E-state index contributed by atoms with van der Waals surface area (Å²) >= 11 is 0. The van der Waals surface area contributed by atoms with Gasteiger partial charge in [-0.3, -0.25) is 10.1 Å². The van der Waals surface area contributed by atoms with Gasteiger partial charge in [-0.05, 0) is 37.8 Å². The second-order valence-electron chi connectivity index (χ2n) is 5.72. The van der Waals surface area contributed by atoms with E-state index in [2.05, 4.69) is 10.2 Å². The van der Waals surface area contributed by atoms with Gasteiger partial charge in [-0.1, -0.05) is 0 Å². The number of anilines is 1. The van der Waals surface area contributed by atoms with Gasteiger partial charge >= 0.3 is 0 Å². The number of rotatable bonds is 5. The van der Waals surface area contributed by atoms with Crippen molar-refractivity contribution in [3.05, 3.63) is 34.1 Å². The minimum atomic E-state index is -0.576. The molecule has 5 nitrogen and oxygen atoms in total. The number of nitrogens with one attached hydrogen (secondary N) is 1. The van der Waals surface area contributed by atoms with E-state index < -0.39 is 10.7 Å². The van der Waals surface area contributed by atoms with Crippen LogP contribution >= 0.6 is 0 Å². The maximum Gasteiger partial charge on any atom is 0.274 e. The van der Waals surface area contributed by atoms with Crippen LogP contribution in [0.2, 0.25) is 0 Å². The van der Waals surface area contributed by atoms with Gasteiger partial charge in [0.2, 0.25) is 0 Å². The molecule has 2 aliphatic rings. The second-order valence-corrected chi connectivity index (χ2v) is 5.72. The highest BCUT2D eigenvalue weighted by atomic mass is 19.1. The molecule has 20 heavy (non-hydrogen) atoms. The number of nitrogens with zero attached hydrogens (tertiary/aromatic N) is 2. The molecule has 6 heteroatoms. The zero-order valence-corrected chi connectivity index (χ0v) is 11.2. The van der Waals surface area contributed by atoms with Crippen molar-refractivity contribution in [1.82, 2.24) is 4.90 Å². The van der Waals surface area contributed by atoms with Crippen molar-refractivity contribution in [2.75, 3.05) is 25.0 Å². The number of nitro groups is 1. The maximum atomic E-state index is 13.3. The molecule has 2 fully saturated rings. The topological polar surface area (TPSA) is 58.4 Å². The molecule has 3 rings (SSSR count). The Morgan fingerprint density at radius 2 is 2.15 bits per heavy atom. The second kappa shape index (κ2) is 5.36. The third-order valence-corrected chi connectivity index (χ3v) is 4.07. The van der Waals surface area contributed by atoms with Crippen molar-refractivity contribution >= 4 is 11.4 Å². The summed E-state index contributed by atoms with van der Waals surface area (Å²) < 4.78 is 13.3. The van der Waals surface area contributed by atoms with E-state index in [9.17, 15) is 14.5 Å². The quantitative estimate of drug-likeness (QED) is 0.665. The van der Waals surface area contributed by atoms with Gasteiger partial charge in [0, 0.05) is 30.9 Å². The molecule has 0 radical (unpaired) electrons. The largest absolute Gasteiger partial charge is 0.384 e. The summed E-state index contributed by atoms with van der Waals surface area (Å²) in [5.41, 5.74) is 0.278. The molecule has 1 aromatic rings. The average molecular weight is 279 g/mol. The first-order chi connectivity index (χ1) is 9.61. The van der Waals surface area contributed by atoms with Gasteiger partial charge in [-0.25, -0.2) is 4.39 Å². The first kappa shape index (κ1) is 13.3. The number of benzene rings is 1. The summed E-state index contributed by atoms with van der Waals surface area (Å²) in [7, 11) is 0. The highest BCUT2D eigenvalue weighted by Gasteiger charge is 2.34. The summed E-state index contributed by atoms with van der Waals surface area (Å²) in [6, 6.07) is 4.42. The van der Waals surface area contributed by atoms with Crippen LogP contribution in [0.1, 0.15) is 19.3 Å². The number of hydrogen-bond acceptors (Lipinski definition) is 4. The Kier molecular flexibility index (Phi) is 3.56. The number of nitro benzene ring substituents is 1. The monoisotopic (exact) mass is 279 g/mol. The predicted octanol–water partition coefficient (Wildman–Crippen LogP) is 2.63. The minimum absolute atomic E-state index is 0.210. The minimum Gasteiger partial charge on any atom is -0.384 e. The molecule has 1 unspecified atom stereocenters. The van der Waals surface area contributed by atoms with Gasteiger partial charge in [-0.15, -0.1) is 0 Å². The van der Waals surface area contributed by atoms with Crippen LogP contribution < -0.4 is 5.32 Å². The van der Waals surface area contributed by atoms with Crippen molar-refractivity contribution < 1.29 is 9.31 Å². The van der Waals surface area contributed by atoms with E-state index >= 15 is 0 Å². The van der Waals surface area contributed by atoms with Gasteiger partial charge in [-0.2, -0.15) is 0 Å². The molecule has 1 saturated carbocycles. The molecular formula is C14H18FN3O2. The lowest BCUT2D eigenvalue weighted by Gasteiger charge is -2.15. The molecular weight excluding hydrogens is 261 g/mol. The van der Waals surface area contributed by atoms with E-state index in [-0.39, 0.29) is 5.69 Å². The predicted molar refractivity (Wildman–Crippen MR) is 74.2 cm³/mol. The van der Waals surface area contributed by atoms with Crippen LogP contribution in [0.3, 0.4) is 0 Å².